The second kappa shape index (κ2) is 12.9. The Hall–Kier alpha value is -2.67. The van der Waals surface area contributed by atoms with Crippen LogP contribution < -0.4 is 0 Å². The lowest BCUT2D eigenvalue weighted by Crippen LogP contribution is -2.02. The summed E-state index contributed by atoms with van der Waals surface area (Å²) >= 11 is 0. The van der Waals surface area contributed by atoms with Crippen LogP contribution in [-0.2, 0) is 6.42 Å². The van der Waals surface area contributed by atoms with Crippen LogP contribution in [0.5, 0.6) is 0 Å². The Labute approximate surface area is 188 Å². The highest BCUT2D eigenvalue weighted by Gasteiger charge is 2.15. The molecule has 2 aromatic carbocycles. The highest BCUT2D eigenvalue weighted by molar-refractivity contribution is 6.06. The van der Waals surface area contributed by atoms with Gasteiger partial charge in [0.25, 0.3) is 0 Å². The van der Waals surface area contributed by atoms with Gasteiger partial charge in [0.05, 0.1) is 0 Å². The summed E-state index contributed by atoms with van der Waals surface area (Å²) in [7, 11) is 0. The van der Waals surface area contributed by atoms with Crippen molar-refractivity contribution in [3.05, 3.63) is 101 Å². The molecule has 0 saturated carbocycles. The van der Waals surface area contributed by atoms with Crippen LogP contribution in [0.25, 0.3) is 6.08 Å². The number of benzene rings is 2. The van der Waals surface area contributed by atoms with E-state index in [2.05, 4.69) is 49.4 Å². The first-order valence-electron chi connectivity index (χ1n) is 12.0. The van der Waals surface area contributed by atoms with Crippen LogP contribution in [0.15, 0.2) is 78.9 Å². The Bertz CT molecular complexity index is 889. The molecular formula is C30H36O. The summed E-state index contributed by atoms with van der Waals surface area (Å²) in [5.74, 6) is 0.356. The number of carbonyl (C=O) groups excluding carboxylic acids is 1. The minimum Gasteiger partial charge on any atom is -0.289 e. The van der Waals surface area contributed by atoms with E-state index in [9.17, 15) is 4.79 Å². The van der Waals surface area contributed by atoms with Gasteiger partial charge >= 0.3 is 0 Å². The van der Waals surface area contributed by atoms with Gasteiger partial charge in [0.15, 0.2) is 5.78 Å². The van der Waals surface area contributed by atoms with E-state index >= 15 is 0 Å². The fourth-order valence-electron chi connectivity index (χ4n) is 4.34. The van der Waals surface area contributed by atoms with Crippen LogP contribution >= 0.6 is 0 Å². The van der Waals surface area contributed by atoms with Crippen molar-refractivity contribution in [3.8, 4) is 0 Å². The van der Waals surface area contributed by atoms with Crippen LogP contribution in [0.1, 0.15) is 91.3 Å². The topological polar surface area (TPSA) is 17.1 Å². The molecule has 2 aromatic rings. The first kappa shape index (κ1) is 23.0. The molecule has 1 aliphatic carbocycles. The predicted molar refractivity (Wildman–Crippen MR) is 134 cm³/mol. The number of hydrogen-bond donors (Lipinski definition) is 0. The maximum absolute atomic E-state index is 12.6. The second-order valence-corrected chi connectivity index (χ2v) is 8.50. The molecule has 0 atom stereocenters. The summed E-state index contributed by atoms with van der Waals surface area (Å²) in [6.45, 7) is 2.27. The second-order valence-electron chi connectivity index (χ2n) is 8.50. The highest BCUT2D eigenvalue weighted by atomic mass is 16.1. The van der Waals surface area contributed by atoms with Crippen molar-refractivity contribution in [2.75, 3.05) is 0 Å². The summed E-state index contributed by atoms with van der Waals surface area (Å²) in [4.78, 5) is 12.6. The highest BCUT2D eigenvalue weighted by Crippen LogP contribution is 2.31. The van der Waals surface area contributed by atoms with Crippen molar-refractivity contribution in [1.82, 2.24) is 0 Å². The van der Waals surface area contributed by atoms with E-state index in [1.54, 1.807) is 6.08 Å². The molecule has 0 unspecified atom stereocenters. The molecule has 1 nitrogen and oxygen atoms in total. The van der Waals surface area contributed by atoms with E-state index in [0.717, 1.165) is 17.5 Å². The van der Waals surface area contributed by atoms with Gasteiger partial charge in [0.1, 0.15) is 0 Å². The van der Waals surface area contributed by atoms with Crippen molar-refractivity contribution >= 4 is 11.9 Å². The Morgan fingerprint density at radius 2 is 1.48 bits per heavy atom. The van der Waals surface area contributed by atoms with Crippen LogP contribution in [0.3, 0.4) is 0 Å². The molecule has 0 aliphatic heterocycles. The number of carbonyl (C=O) groups is 1. The number of hydrogen-bond acceptors (Lipinski definition) is 1. The molecule has 0 amide bonds. The summed E-state index contributed by atoms with van der Waals surface area (Å²) < 4.78 is 0. The van der Waals surface area contributed by atoms with Gasteiger partial charge in [-0.25, -0.2) is 0 Å². The maximum Gasteiger partial charge on any atom is 0.185 e. The van der Waals surface area contributed by atoms with Crippen LogP contribution in [0.4, 0.5) is 0 Å². The Balaban J connectivity index is 1.66. The molecule has 0 saturated heterocycles. The van der Waals surface area contributed by atoms with Crippen LogP contribution in [-0.4, -0.2) is 5.78 Å². The molecule has 0 heterocycles. The van der Waals surface area contributed by atoms with E-state index in [1.165, 1.54) is 62.5 Å². The first-order chi connectivity index (χ1) is 15.3. The van der Waals surface area contributed by atoms with Gasteiger partial charge in [-0.3, -0.25) is 4.79 Å². The lowest BCUT2D eigenvalue weighted by molar-refractivity contribution is 0.104. The molecule has 1 aliphatic rings. The number of allylic oxidation sites excluding steroid dienone is 5. The average molecular weight is 413 g/mol. The van der Waals surface area contributed by atoms with Gasteiger partial charge in [0, 0.05) is 11.5 Å². The maximum atomic E-state index is 12.6. The summed E-state index contributed by atoms with van der Waals surface area (Å²) in [6.07, 6.45) is 24.3. The van der Waals surface area contributed by atoms with Crippen LogP contribution in [0, 0.1) is 0 Å². The van der Waals surface area contributed by atoms with Crippen molar-refractivity contribution in [3.63, 3.8) is 0 Å². The standard InChI is InChI=1S/C30H36O/c1-2-3-4-5-6-7-8-10-18-27-21-15-22-28(30(27)26-19-13-14-20-26)23-24-29(31)25-16-11-9-12-17-25/h9,11-17,19-24,26H,2-8,10,18H2,1H3. The SMILES string of the molecule is CCCCCCCCCCc1cccc(C=CC(=O)c2ccccc2)c1C1C=CC=C1. The minimum absolute atomic E-state index is 0.0533. The lowest BCUT2D eigenvalue weighted by atomic mass is 9.87. The zero-order chi connectivity index (χ0) is 21.7. The van der Waals surface area contributed by atoms with E-state index in [-0.39, 0.29) is 5.78 Å². The largest absolute Gasteiger partial charge is 0.289 e. The van der Waals surface area contributed by atoms with Gasteiger partial charge < -0.3 is 0 Å². The number of aryl methyl sites for hydroxylation is 1. The quantitative estimate of drug-likeness (QED) is 0.183. The number of unbranched alkanes of at least 4 members (excludes halogenated alkanes) is 7. The fourth-order valence-corrected chi connectivity index (χ4v) is 4.34. The first-order valence-corrected chi connectivity index (χ1v) is 12.0. The lowest BCUT2D eigenvalue weighted by Gasteiger charge is -2.17. The van der Waals surface area contributed by atoms with E-state index < -0.39 is 0 Å². The molecule has 0 spiro atoms. The third-order valence-corrected chi connectivity index (χ3v) is 6.08. The van der Waals surface area contributed by atoms with E-state index in [1.807, 2.05) is 36.4 Å². The Morgan fingerprint density at radius 3 is 2.19 bits per heavy atom. The average Bonchev–Trinajstić information content (AvgIpc) is 3.34. The Kier molecular flexibility index (Phi) is 9.57. The normalized spacial score (nSPS) is 13.5. The molecule has 0 N–H and O–H groups in total. The fraction of sp³-hybridized carbons (Fsp3) is 0.367. The van der Waals surface area contributed by atoms with Crippen molar-refractivity contribution in [1.29, 1.82) is 0 Å². The molecule has 0 radical (unpaired) electrons. The molecule has 31 heavy (non-hydrogen) atoms. The molecule has 162 valence electrons. The summed E-state index contributed by atoms with van der Waals surface area (Å²) in [5, 5.41) is 0. The van der Waals surface area contributed by atoms with Crippen molar-refractivity contribution in [2.45, 2.75) is 70.6 Å². The molecule has 1 heteroatoms. The zero-order valence-corrected chi connectivity index (χ0v) is 18.9. The van der Waals surface area contributed by atoms with Gasteiger partial charge in [-0.15, -0.1) is 0 Å². The Morgan fingerprint density at radius 1 is 0.806 bits per heavy atom. The van der Waals surface area contributed by atoms with Crippen molar-refractivity contribution < 1.29 is 4.79 Å². The molecule has 0 aromatic heterocycles. The number of rotatable bonds is 13. The molecule has 0 bridgehead atoms. The number of ketones is 1. The smallest absolute Gasteiger partial charge is 0.185 e. The molecule has 3 rings (SSSR count). The summed E-state index contributed by atoms with van der Waals surface area (Å²) in [6, 6.07) is 16.0. The van der Waals surface area contributed by atoms with Gasteiger partial charge in [-0.1, -0.05) is 131 Å². The predicted octanol–water partition coefficient (Wildman–Crippen LogP) is 8.48. The van der Waals surface area contributed by atoms with Gasteiger partial charge in [-0.2, -0.15) is 0 Å². The minimum atomic E-state index is 0.0533. The van der Waals surface area contributed by atoms with Crippen LogP contribution in [0.2, 0.25) is 0 Å². The van der Waals surface area contributed by atoms with E-state index in [4.69, 9.17) is 0 Å². The van der Waals surface area contributed by atoms with Gasteiger partial charge in [0.2, 0.25) is 0 Å². The third kappa shape index (κ3) is 7.21. The molecular weight excluding hydrogens is 376 g/mol. The monoisotopic (exact) mass is 412 g/mol. The zero-order valence-electron chi connectivity index (χ0n) is 18.9. The van der Waals surface area contributed by atoms with E-state index in [0.29, 0.717) is 5.92 Å². The molecule has 0 fully saturated rings. The summed E-state index contributed by atoms with van der Waals surface area (Å²) in [5.41, 5.74) is 4.66. The van der Waals surface area contributed by atoms with Gasteiger partial charge in [-0.05, 0) is 35.6 Å². The van der Waals surface area contributed by atoms with Crippen molar-refractivity contribution in [2.24, 2.45) is 0 Å². The third-order valence-electron chi connectivity index (χ3n) is 6.08.